The van der Waals surface area contributed by atoms with Gasteiger partial charge in [0, 0.05) is 6.61 Å². The Morgan fingerprint density at radius 1 is 0.129 bits per heavy atom. The Balaban J connectivity index is 0. The van der Waals surface area contributed by atoms with E-state index in [1.807, 2.05) is 0 Å². The quantitative estimate of drug-likeness (QED) is 0.0486. The van der Waals surface area contributed by atoms with E-state index in [1.165, 1.54) is 687 Å². The molecule has 2 nitrogen and oxygen atoms in total. The molecule has 2 heteroatoms. The summed E-state index contributed by atoms with van der Waals surface area (Å²) in [6.45, 7) is 9.45. The highest BCUT2D eigenvalue weighted by molar-refractivity contribution is 4.61. The van der Waals surface area contributed by atoms with Crippen LogP contribution in [-0.4, -0.2) is 18.3 Å². The van der Waals surface area contributed by atoms with Crippen LogP contribution in [-0.2, 0) is 4.74 Å². The molecule has 0 aliphatic rings. The summed E-state index contributed by atoms with van der Waals surface area (Å²) in [7, 11) is 0. The summed E-state index contributed by atoms with van der Waals surface area (Å²) in [6, 6.07) is 0. The van der Waals surface area contributed by atoms with E-state index in [2.05, 4.69) is 20.4 Å². The maximum absolute atomic E-state index is 8.82. The van der Waals surface area contributed by atoms with E-state index >= 15 is 0 Å². The van der Waals surface area contributed by atoms with Crippen LogP contribution in [0.2, 0.25) is 0 Å². The minimum Gasteiger partial charge on any atom is -0.502 e. The molecule has 0 aromatic rings. The Morgan fingerprint density at radius 2 is 0.207 bits per heavy atom. The van der Waals surface area contributed by atoms with Gasteiger partial charge in [0.15, 0.2) is 0 Å². The molecule has 0 fully saturated rings. The molecule has 698 valence electrons. The van der Waals surface area contributed by atoms with Gasteiger partial charge < -0.3 is 9.84 Å². The number of aliphatic hydroxyl groups is 1. The summed E-state index contributed by atoms with van der Waals surface area (Å²) < 4.78 is 5.19. The van der Waals surface area contributed by atoms with Gasteiger partial charge in [-0.2, -0.15) is 0 Å². The van der Waals surface area contributed by atoms with Crippen molar-refractivity contribution in [1.82, 2.24) is 0 Å². The number of aliphatic hydroxyl groups excluding tert-OH is 1. The molecule has 0 saturated heterocycles. The average molecular weight is 1630 g/mol. The molecule has 116 heavy (non-hydrogen) atoms. The number of unbranched alkanes of at least 4 members (excludes halogenated alkanes) is 106. The predicted octanol–water partition coefficient (Wildman–Crippen LogP) is 43.3. The zero-order valence-electron chi connectivity index (χ0n) is 81.9. The lowest BCUT2D eigenvalue weighted by Crippen LogP contribution is -1.87. The van der Waals surface area contributed by atoms with Gasteiger partial charge >= 0.3 is 0 Å². The van der Waals surface area contributed by atoms with Crippen molar-refractivity contribution in [3.63, 3.8) is 0 Å². The number of rotatable bonds is 110. The first-order chi connectivity index (χ1) is 57.8. The second kappa shape index (κ2) is 119. The average Bonchev–Trinajstić information content (AvgIpc) is 3.91. The lowest BCUT2D eigenvalue weighted by atomic mass is 10.0. The maximum Gasteiger partial charge on any atom is 0.0873 e. The van der Waals surface area contributed by atoms with Gasteiger partial charge in [-0.3, -0.25) is 0 Å². The van der Waals surface area contributed by atoms with Crippen LogP contribution in [0.4, 0.5) is 0 Å². The van der Waals surface area contributed by atoms with E-state index in [0.717, 1.165) is 13.0 Å². The molecule has 0 spiro atoms. The van der Waals surface area contributed by atoms with E-state index in [0.29, 0.717) is 6.61 Å². The molecule has 0 aromatic carbocycles. The molecular formula is C114H230O2. The van der Waals surface area contributed by atoms with Crippen molar-refractivity contribution in [3.8, 4) is 0 Å². The summed E-state index contributed by atoms with van der Waals surface area (Å²) in [5, 5.41) is 8.82. The molecule has 0 heterocycles. The molecule has 0 aliphatic carbocycles. The number of hydrogen-bond acceptors (Lipinski definition) is 2. The molecular weight excluding hydrogens is 1400 g/mol. The fourth-order valence-electron chi connectivity index (χ4n) is 18.9. The van der Waals surface area contributed by atoms with E-state index in [-0.39, 0.29) is 0 Å². The Morgan fingerprint density at radius 3 is 0.284 bits per heavy atom. The Kier molecular flexibility index (Phi) is 120. The highest BCUT2D eigenvalue weighted by atomic mass is 16.5. The summed E-state index contributed by atoms with van der Waals surface area (Å²) in [5.74, 6) is 0. The summed E-state index contributed by atoms with van der Waals surface area (Å²) >= 11 is 0. The minimum atomic E-state index is 0.375. The van der Waals surface area contributed by atoms with Crippen LogP contribution in [0.3, 0.4) is 0 Å². The molecule has 0 unspecified atom stereocenters. The van der Waals surface area contributed by atoms with Crippen molar-refractivity contribution >= 4 is 0 Å². The van der Waals surface area contributed by atoms with Crippen LogP contribution < -0.4 is 0 Å². The topological polar surface area (TPSA) is 29.5 Å². The van der Waals surface area contributed by atoms with E-state index < -0.39 is 0 Å². The Bertz CT molecular complexity index is 1520. The van der Waals surface area contributed by atoms with Crippen molar-refractivity contribution in [2.75, 3.05) is 13.2 Å². The molecule has 0 atom stereocenters. The fraction of sp³-hybridized carbons (Fsp3) is 0.982. The first kappa shape index (κ1) is 118. The van der Waals surface area contributed by atoms with E-state index in [9.17, 15) is 0 Å². The van der Waals surface area contributed by atoms with Gasteiger partial charge in [0.05, 0.1) is 12.9 Å². The fourth-order valence-corrected chi connectivity index (χ4v) is 18.9. The van der Waals surface area contributed by atoms with Gasteiger partial charge in [-0.25, -0.2) is 0 Å². The van der Waals surface area contributed by atoms with Crippen molar-refractivity contribution < 1.29 is 9.84 Å². The van der Waals surface area contributed by atoms with Crippen LogP contribution in [0, 0.1) is 0 Å². The SMILES string of the molecule is C=COCCCCCCCCCCCCCCCCCCCCCCCCCCCCCCCCCCCCCCCCCCCCCCCCCCCCCCCC.CCCCCCCCCCCCCCCCCCCCCCCCCCCCCCCCCCCCCCCCCCCCCCCCCCCCCCCCO. The number of hydrogen-bond donors (Lipinski definition) is 1. The monoisotopic (exact) mass is 1630 g/mol. The van der Waals surface area contributed by atoms with Crippen LogP contribution >= 0.6 is 0 Å². The maximum atomic E-state index is 8.82. The molecule has 0 rings (SSSR count). The van der Waals surface area contributed by atoms with Gasteiger partial charge in [-0.15, -0.1) is 0 Å². The molecule has 0 saturated carbocycles. The van der Waals surface area contributed by atoms with Crippen LogP contribution in [0.1, 0.15) is 707 Å². The standard InChI is InChI=1S/C58H116O.C56H114O/c1-3-5-6-7-8-9-10-11-12-13-14-15-16-17-18-19-20-21-22-23-24-25-26-27-28-29-30-31-32-33-34-35-36-37-38-39-40-41-42-43-44-45-46-47-48-49-50-51-52-53-54-55-56-57-58-59-4-2;1-2-3-4-5-6-7-8-9-10-11-12-13-14-15-16-17-18-19-20-21-22-23-24-25-26-27-28-29-30-31-32-33-34-35-36-37-38-39-40-41-42-43-44-45-46-47-48-49-50-51-52-53-54-55-56-57/h4H,2-3,5-58H2,1H3;57H,2-56H2,1H3. The van der Waals surface area contributed by atoms with Crippen molar-refractivity contribution in [3.05, 3.63) is 12.8 Å². The van der Waals surface area contributed by atoms with E-state index in [1.54, 1.807) is 6.26 Å². The first-order valence-electron chi connectivity index (χ1n) is 56.7. The van der Waals surface area contributed by atoms with Crippen LogP contribution in [0.5, 0.6) is 0 Å². The molecule has 1 N–H and O–H groups in total. The Labute approximate surface area is 738 Å². The van der Waals surface area contributed by atoms with Gasteiger partial charge in [0.2, 0.25) is 0 Å². The lowest BCUT2D eigenvalue weighted by molar-refractivity contribution is 0.241. The second-order valence-electron chi connectivity index (χ2n) is 39.2. The van der Waals surface area contributed by atoms with E-state index in [4.69, 9.17) is 9.84 Å². The zero-order chi connectivity index (χ0) is 83.2. The molecule has 0 radical (unpaired) electrons. The van der Waals surface area contributed by atoms with Gasteiger partial charge in [0.1, 0.15) is 0 Å². The van der Waals surface area contributed by atoms with Gasteiger partial charge in [-0.05, 0) is 12.8 Å². The Hall–Kier alpha value is -0.500. The minimum absolute atomic E-state index is 0.375. The third-order valence-corrected chi connectivity index (χ3v) is 27.2. The smallest absolute Gasteiger partial charge is 0.0873 e. The second-order valence-corrected chi connectivity index (χ2v) is 39.2. The highest BCUT2D eigenvalue weighted by Crippen LogP contribution is 2.24. The largest absolute Gasteiger partial charge is 0.502 e. The van der Waals surface area contributed by atoms with Crippen LogP contribution in [0.15, 0.2) is 12.8 Å². The summed E-state index contributed by atoms with van der Waals surface area (Å²) in [4.78, 5) is 0. The molecule has 0 bridgehead atoms. The molecule has 0 amide bonds. The van der Waals surface area contributed by atoms with Crippen molar-refractivity contribution in [2.24, 2.45) is 0 Å². The molecule has 0 aliphatic heterocycles. The summed E-state index contributed by atoms with van der Waals surface area (Å²) in [6.07, 6.45) is 160. The zero-order valence-corrected chi connectivity index (χ0v) is 81.9. The van der Waals surface area contributed by atoms with Crippen molar-refractivity contribution in [2.45, 2.75) is 707 Å². The highest BCUT2D eigenvalue weighted by Gasteiger charge is 2.05. The number of ether oxygens (including phenoxy) is 1. The van der Waals surface area contributed by atoms with Crippen molar-refractivity contribution in [1.29, 1.82) is 0 Å². The lowest BCUT2D eigenvalue weighted by Gasteiger charge is -2.05. The molecule has 0 aromatic heterocycles. The third kappa shape index (κ3) is 120. The normalized spacial score (nSPS) is 11.6. The third-order valence-electron chi connectivity index (χ3n) is 27.2. The van der Waals surface area contributed by atoms with Gasteiger partial charge in [0.25, 0.3) is 0 Å². The summed E-state index contributed by atoms with van der Waals surface area (Å²) in [5.41, 5.74) is 0. The van der Waals surface area contributed by atoms with Crippen LogP contribution in [0.25, 0.3) is 0 Å². The first-order valence-corrected chi connectivity index (χ1v) is 56.7. The van der Waals surface area contributed by atoms with Gasteiger partial charge in [-0.1, -0.05) is 701 Å². The predicted molar refractivity (Wildman–Crippen MR) is 533 cm³/mol.